The van der Waals surface area contributed by atoms with Crippen LogP contribution in [0, 0.1) is 5.41 Å². The third-order valence-corrected chi connectivity index (χ3v) is 1.29. The molecule has 0 spiro atoms. The van der Waals surface area contributed by atoms with Gasteiger partial charge in [0.1, 0.15) is 6.10 Å². The maximum atomic E-state index is 8.95. The molecule has 0 fully saturated rings. The van der Waals surface area contributed by atoms with Crippen molar-refractivity contribution >= 4 is 6.21 Å². The van der Waals surface area contributed by atoms with Crippen molar-refractivity contribution in [3.05, 3.63) is 0 Å². The first kappa shape index (κ1) is 10.5. The van der Waals surface area contributed by atoms with E-state index in [0.717, 1.165) is 0 Å². The molecule has 0 radical (unpaired) electrons. The molecule has 0 aromatic carbocycles. The molecule has 11 heavy (non-hydrogen) atoms. The number of aliphatic hydroxyl groups is 4. The summed E-state index contributed by atoms with van der Waals surface area (Å²) in [5.41, 5.74) is 0. The molecule has 0 amide bonds. The van der Waals surface area contributed by atoms with Crippen LogP contribution in [0.4, 0.5) is 0 Å². The van der Waals surface area contributed by atoms with E-state index in [-0.39, 0.29) is 6.42 Å². The van der Waals surface area contributed by atoms with Crippen molar-refractivity contribution in [2.75, 3.05) is 6.61 Å². The second kappa shape index (κ2) is 5.20. The lowest BCUT2D eigenvalue weighted by Crippen LogP contribution is -2.32. The standard InChI is InChI=1S/C6H13NO4/c7-2-6(11)5(10)1-4(9)3-8/h2,4-11H,1,3H2/t4-,5-,6-/m1/s1. The van der Waals surface area contributed by atoms with Crippen molar-refractivity contribution in [1.82, 2.24) is 0 Å². The van der Waals surface area contributed by atoms with Gasteiger partial charge in [0.2, 0.25) is 0 Å². The van der Waals surface area contributed by atoms with E-state index in [4.69, 9.17) is 25.8 Å². The van der Waals surface area contributed by atoms with Crippen LogP contribution in [0.15, 0.2) is 0 Å². The summed E-state index contributed by atoms with van der Waals surface area (Å²) in [7, 11) is 0. The summed E-state index contributed by atoms with van der Waals surface area (Å²) in [6.45, 7) is -0.457. The van der Waals surface area contributed by atoms with E-state index in [2.05, 4.69) is 0 Å². The highest BCUT2D eigenvalue weighted by Gasteiger charge is 2.17. The second-order valence-corrected chi connectivity index (χ2v) is 2.30. The molecule has 0 saturated heterocycles. The minimum Gasteiger partial charge on any atom is -0.394 e. The summed E-state index contributed by atoms with van der Waals surface area (Å²) in [6.07, 6.45) is -2.95. The lowest BCUT2D eigenvalue weighted by atomic mass is 10.1. The third-order valence-electron chi connectivity index (χ3n) is 1.29. The van der Waals surface area contributed by atoms with Crippen LogP contribution >= 0.6 is 0 Å². The molecule has 5 nitrogen and oxygen atoms in total. The molecule has 0 aliphatic heterocycles. The van der Waals surface area contributed by atoms with Crippen LogP contribution in [-0.4, -0.2) is 51.6 Å². The third kappa shape index (κ3) is 4.05. The van der Waals surface area contributed by atoms with E-state index in [9.17, 15) is 0 Å². The fourth-order valence-corrected chi connectivity index (χ4v) is 0.604. The molecule has 5 heteroatoms. The number of hydrogen-bond donors (Lipinski definition) is 5. The topological polar surface area (TPSA) is 105 Å². The Morgan fingerprint density at radius 3 is 2.18 bits per heavy atom. The quantitative estimate of drug-likeness (QED) is 0.305. The normalized spacial score (nSPS) is 18.9. The van der Waals surface area contributed by atoms with E-state index >= 15 is 0 Å². The van der Waals surface area contributed by atoms with Crippen molar-refractivity contribution in [3.8, 4) is 0 Å². The van der Waals surface area contributed by atoms with Crippen molar-refractivity contribution in [2.45, 2.75) is 24.7 Å². The fourth-order valence-electron chi connectivity index (χ4n) is 0.604. The zero-order chi connectivity index (χ0) is 8.85. The molecule has 0 aliphatic carbocycles. The largest absolute Gasteiger partial charge is 0.394 e. The van der Waals surface area contributed by atoms with Gasteiger partial charge in [-0.05, 0) is 0 Å². The molecule has 3 atom stereocenters. The predicted molar refractivity (Wildman–Crippen MR) is 38.5 cm³/mol. The minimum absolute atomic E-state index is 0.132. The highest BCUT2D eigenvalue weighted by atomic mass is 16.3. The van der Waals surface area contributed by atoms with Crippen molar-refractivity contribution < 1.29 is 20.4 Å². The first-order chi connectivity index (χ1) is 5.11. The van der Waals surface area contributed by atoms with Gasteiger partial charge in [0.15, 0.2) is 0 Å². The molecule has 0 heterocycles. The number of hydrogen-bond acceptors (Lipinski definition) is 5. The lowest BCUT2D eigenvalue weighted by molar-refractivity contribution is 0.00221. The van der Waals surface area contributed by atoms with Gasteiger partial charge in [-0.15, -0.1) is 0 Å². The zero-order valence-electron chi connectivity index (χ0n) is 6.01. The molecule has 66 valence electrons. The van der Waals surface area contributed by atoms with Crippen molar-refractivity contribution in [3.63, 3.8) is 0 Å². The second-order valence-electron chi connectivity index (χ2n) is 2.30. The van der Waals surface area contributed by atoms with Gasteiger partial charge in [0.05, 0.1) is 18.8 Å². The monoisotopic (exact) mass is 163 g/mol. The van der Waals surface area contributed by atoms with Crippen molar-refractivity contribution in [2.24, 2.45) is 0 Å². The van der Waals surface area contributed by atoms with Gasteiger partial charge < -0.3 is 25.8 Å². The van der Waals surface area contributed by atoms with Crippen LogP contribution in [0.25, 0.3) is 0 Å². The van der Waals surface area contributed by atoms with Crippen molar-refractivity contribution in [1.29, 1.82) is 5.41 Å². The summed E-state index contributed by atoms with van der Waals surface area (Å²) in [6, 6.07) is 0. The highest BCUT2D eigenvalue weighted by molar-refractivity contribution is 5.59. The van der Waals surface area contributed by atoms with Gasteiger partial charge in [-0.2, -0.15) is 0 Å². The van der Waals surface area contributed by atoms with Gasteiger partial charge in [-0.3, -0.25) is 0 Å². The van der Waals surface area contributed by atoms with Gasteiger partial charge in [0, 0.05) is 12.6 Å². The molecule has 0 aromatic heterocycles. The van der Waals surface area contributed by atoms with Gasteiger partial charge in [-0.1, -0.05) is 0 Å². The van der Waals surface area contributed by atoms with Gasteiger partial charge in [0.25, 0.3) is 0 Å². The Bertz CT molecular complexity index is 119. The van der Waals surface area contributed by atoms with Crippen LogP contribution in [0.1, 0.15) is 6.42 Å². The smallest absolute Gasteiger partial charge is 0.114 e. The molecule has 5 N–H and O–H groups in total. The fraction of sp³-hybridized carbons (Fsp3) is 0.833. The molecular formula is C6H13NO4. The Hall–Kier alpha value is -0.490. The van der Waals surface area contributed by atoms with Gasteiger partial charge >= 0.3 is 0 Å². The van der Waals surface area contributed by atoms with Crippen LogP contribution in [0.5, 0.6) is 0 Å². The molecule has 0 aromatic rings. The molecular weight excluding hydrogens is 150 g/mol. The van der Waals surface area contributed by atoms with Gasteiger partial charge in [-0.25, -0.2) is 0 Å². The maximum absolute atomic E-state index is 8.95. The van der Waals surface area contributed by atoms with E-state index in [0.29, 0.717) is 6.21 Å². The Morgan fingerprint density at radius 1 is 1.27 bits per heavy atom. The Balaban J connectivity index is 3.66. The average molecular weight is 163 g/mol. The summed E-state index contributed by atoms with van der Waals surface area (Å²) < 4.78 is 0. The minimum atomic E-state index is -1.27. The van der Waals surface area contributed by atoms with E-state index < -0.39 is 24.9 Å². The SMILES string of the molecule is N=C[C@@H](O)[C@H](O)C[C@@H](O)CO. The van der Waals surface area contributed by atoms with E-state index in [1.165, 1.54) is 0 Å². The predicted octanol–water partition coefficient (Wildman–Crippen LogP) is -1.90. The van der Waals surface area contributed by atoms with Crippen LogP contribution in [0.2, 0.25) is 0 Å². The molecule has 0 aliphatic rings. The first-order valence-electron chi connectivity index (χ1n) is 3.27. The summed E-state index contributed by atoms with van der Waals surface area (Å²) in [5, 5.41) is 41.4. The highest BCUT2D eigenvalue weighted by Crippen LogP contribution is 2.00. The Morgan fingerprint density at radius 2 is 1.82 bits per heavy atom. The maximum Gasteiger partial charge on any atom is 0.114 e. The van der Waals surface area contributed by atoms with E-state index in [1.807, 2.05) is 0 Å². The molecule has 0 saturated carbocycles. The Kier molecular flexibility index (Phi) is 4.97. The zero-order valence-corrected chi connectivity index (χ0v) is 6.01. The molecule has 0 unspecified atom stereocenters. The number of rotatable bonds is 5. The Labute approximate surface area is 64.4 Å². The summed E-state index contributed by atoms with van der Waals surface area (Å²) in [4.78, 5) is 0. The lowest BCUT2D eigenvalue weighted by Gasteiger charge is -2.15. The number of nitrogens with one attached hydrogen (secondary N) is 1. The summed E-state index contributed by atoms with van der Waals surface area (Å²) >= 11 is 0. The summed E-state index contributed by atoms with van der Waals surface area (Å²) in [5.74, 6) is 0. The van der Waals surface area contributed by atoms with E-state index in [1.54, 1.807) is 0 Å². The van der Waals surface area contributed by atoms with Crippen LogP contribution in [0.3, 0.4) is 0 Å². The van der Waals surface area contributed by atoms with Crippen LogP contribution in [-0.2, 0) is 0 Å². The van der Waals surface area contributed by atoms with Crippen LogP contribution < -0.4 is 0 Å². The first-order valence-corrected chi connectivity index (χ1v) is 3.27. The molecule has 0 bridgehead atoms. The number of aliphatic hydroxyl groups excluding tert-OH is 4. The average Bonchev–Trinajstić information content (AvgIpc) is 2.02. The molecule has 0 rings (SSSR count).